The van der Waals surface area contributed by atoms with Gasteiger partial charge in [0, 0.05) is 27.6 Å². The van der Waals surface area contributed by atoms with E-state index >= 15 is 0 Å². The molecule has 1 aliphatic carbocycles. The molecule has 5 rings (SSSR count). The first-order valence-corrected chi connectivity index (χ1v) is 12.8. The SMILES string of the molecule is C=C(C1CCNCC1)N1N=C(c2cc(F)ccc2F)SC12CCCc1sccc12.CC. The van der Waals surface area contributed by atoms with Crippen molar-refractivity contribution in [3.8, 4) is 0 Å². The third kappa shape index (κ3) is 4.08. The van der Waals surface area contributed by atoms with Crippen LogP contribution in [0.25, 0.3) is 0 Å². The largest absolute Gasteiger partial charge is 0.317 e. The topological polar surface area (TPSA) is 27.6 Å². The van der Waals surface area contributed by atoms with Crippen molar-refractivity contribution in [3.63, 3.8) is 0 Å². The number of halogens is 2. The first kappa shape index (κ1) is 22.5. The van der Waals surface area contributed by atoms with E-state index in [0.29, 0.717) is 11.0 Å². The fourth-order valence-corrected chi connectivity index (χ4v) is 7.18. The van der Waals surface area contributed by atoms with E-state index in [-0.39, 0.29) is 5.56 Å². The van der Waals surface area contributed by atoms with Crippen LogP contribution in [0.5, 0.6) is 0 Å². The minimum Gasteiger partial charge on any atom is -0.317 e. The molecule has 1 unspecified atom stereocenters. The number of allylic oxidation sites excluding steroid dienone is 1. The van der Waals surface area contributed by atoms with Crippen molar-refractivity contribution in [1.29, 1.82) is 0 Å². The smallest absolute Gasteiger partial charge is 0.140 e. The molecule has 1 aromatic carbocycles. The highest BCUT2D eigenvalue weighted by atomic mass is 32.2. The maximum Gasteiger partial charge on any atom is 0.140 e. The third-order valence-electron chi connectivity index (χ3n) is 6.13. The molecular weight excluding hydrogens is 432 g/mol. The lowest BCUT2D eigenvalue weighted by Gasteiger charge is -2.42. The second-order valence-corrected chi connectivity index (χ2v) is 10.1. The Labute approximate surface area is 191 Å². The summed E-state index contributed by atoms with van der Waals surface area (Å²) in [6, 6.07) is 5.76. The summed E-state index contributed by atoms with van der Waals surface area (Å²) in [6.07, 6.45) is 5.06. The van der Waals surface area contributed by atoms with Crippen LogP contribution < -0.4 is 5.32 Å². The number of aryl methyl sites for hydroxylation is 1. The van der Waals surface area contributed by atoms with Gasteiger partial charge in [-0.15, -0.1) is 11.3 Å². The number of hydrazone groups is 1. The van der Waals surface area contributed by atoms with E-state index < -0.39 is 16.5 Å². The van der Waals surface area contributed by atoms with Gasteiger partial charge in [0.25, 0.3) is 0 Å². The Hall–Kier alpha value is -1.70. The molecule has 0 amide bonds. The second-order valence-electron chi connectivity index (χ2n) is 7.85. The molecule has 1 N–H and O–H groups in total. The minimum absolute atomic E-state index is 0.234. The van der Waals surface area contributed by atoms with Gasteiger partial charge in [-0.1, -0.05) is 32.2 Å². The van der Waals surface area contributed by atoms with Gasteiger partial charge in [0.1, 0.15) is 21.5 Å². The van der Waals surface area contributed by atoms with Gasteiger partial charge in [-0.3, -0.25) is 0 Å². The Balaban J connectivity index is 0.00000112. The first-order valence-electron chi connectivity index (χ1n) is 11.1. The predicted octanol–water partition coefficient (Wildman–Crippen LogP) is 6.47. The number of piperidine rings is 1. The molecule has 1 saturated heterocycles. The summed E-state index contributed by atoms with van der Waals surface area (Å²) in [5.74, 6) is -0.545. The minimum atomic E-state index is -0.450. The van der Waals surface area contributed by atoms with Gasteiger partial charge < -0.3 is 5.32 Å². The van der Waals surface area contributed by atoms with Crippen LogP contribution in [0.3, 0.4) is 0 Å². The number of nitrogens with one attached hydrogen (secondary N) is 1. The predicted molar refractivity (Wildman–Crippen MR) is 127 cm³/mol. The lowest BCUT2D eigenvalue weighted by atomic mass is 9.89. The monoisotopic (exact) mass is 461 g/mol. The molecule has 3 nitrogen and oxygen atoms in total. The van der Waals surface area contributed by atoms with E-state index in [0.717, 1.165) is 57.0 Å². The van der Waals surface area contributed by atoms with Gasteiger partial charge in [-0.05, 0) is 74.8 Å². The van der Waals surface area contributed by atoms with Crippen LogP contribution in [0.2, 0.25) is 0 Å². The molecular formula is C24H29F2N3S2. The number of rotatable bonds is 3. The van der Waals surface area contributed by atoms with Crippen LogP contribution in [0.1, 0.15) is 55.5 Å². The molecule has 0 bridgehead atoms. The van der Waals surface area contributed by atoms with Gasteiger partial charge in [-0.25, -0.2) is 13.8 Å². The maximum atomic E-state index is 14.6. The van der Waals surface area contributed by atoms with Crippen molar-refractivity contribution >= 4 is 28.1 Å². The molecule has 1 aromatic heterocycles. The van der Waals surface area contributed by atoms with Crippen LogP contribution in [0.15, 0.2) is 47.0 Å². The van der Waals surface area contributed by atoms with E-state index in [1.165, 1.54) is 22.6 Å². The van der Waals surface area contributed by atoms with Gasteiger partial charge in [0.05, 0.1) is 0 Å². The maximum absolute atomic E-state index is 14.6. The van der Waals surface area contributed by atoms with E-state index in [1.807, 2.05) is 13.8 Å². The van der Waals surface area contributed by atoms with Crippen molar-refractivity contribution in [2.24, 2.45) is 11.0 Å². The number of nitrogens with zero attached hydrogens (tertiary/aromatic N) is 2. The highest BCUT2D eigenvalue weighted by molar-refractivity contribution is 8.15. The van der Waals surface area contributed by atoms with Crippen molar-refractivity contribution in [1.82, 2.24) is 10.3 Å². The first-order chi connectivity index (χ1) is 15.1. The number of thioether (sulfide) groups is 1. The molecule has 0 radical (unpaired) electrons. The van der Waals surface area contributed by atoms with Crippen molar-refractivity contribution in [3.05, 3.63) is 69.6 Å². The van der Waals surface area contributed by atoms with Gasteiger partial charge in [0.2, 0.25) is 0 Å². The lowest BCUT2D eigenvalue weighted by Crippen LogP contribution is -2.42. The van der Waals surface area contributed by atoms with Gasteiger partial charge in [-0.2, -0.15) is 5.10 Å². The van der Waals surface area contributed by atoms with Gasteiger partial charge >= 0.3 is 0 Å². The summed E-state index contributed by atoms with van der Waals surface area (Å²) in [6.45, 7) is 10.4. The number of fused-ring (bicyclic) bond motifs is 2. The molecule has 31 heavy (non-hydrogen) atoms. The number of hydrogen-bond donors (Lipinski definition) is 1. The van der Waals surface area contributed by atoms with Crippen molar-refractivity contribution < 1.29 is 8.78 Å². The molecule has 1 spiro atoms. The second kappa shape index (κ2) is 9.43. The summed E-state index contributed by atoms with van der Waals surface area (Å²) >= 11 is 3.33. The summed E-state index contributed by atoms with van der Waals surface area (Å²) in [4.78, 5) is 0.951. The molecule has 0 saturated carbocycles. The Bertz CT molecular complexity index is 981. The normalized spacial score (nSPS) is 23.2. The number of thiophene rings is 1. The third-order valence-corrected chi connectivity index (χ3v) is 8.54. The highest BCUT2D eigenvalue weighted by Crippen LogP contribution is 2.56. The van der Waals surface area contributed by atoms with E-state index in [9.17, 15) is 8.78 Å². The zero-order valence-electron chi connectivity index (χ0n) is 18.1. The standard InChI is InChI=1S/C22H23F2N3S2.C2H6/c1-14(15-6-10-25-11-7-15)27-22(9-2-3-20-18(22)8-12-28-20)29-21(26-27)17-13-16(23)4-5-19(17)24;1-2/h4-5,8,12-13,15,25H,1-3,6-7,9-11H2;1-2H3. The molecule has 1 fully saturated rings. The van der Waals surface area contributed by atoms with E-state index in [1.54, 1.807) is 23.1 Å². The van der Waals surface area contributed by atoms with E-state index in [2.05, 4.69) is 28.4 Å². The highest BCUT2D eigenvalue weighted by Gasteiger charge is 2.50. The molecule has 1 atom stereocenters. The zero-order valence-corrected chi connectivity index (χ0v) is 19.7. The van der Waals surface area contributed by atoms with E-state index in [4.69, 9.17) is 5.10 Å². The lowest BCUT2D eigenvalue weighted by molar-refractivity contribution is 0.181. The Kier molecular flexibility index (Phi) is 6.84. The quantitative estimate of drug-likeness (QED) is 0.568. The molecule has 3 heterocycles. The van der Waals surface area contributed by atoms with Crippen LogP contribution in [-0.2, 0) is 11.3 Å². The average molecular weight is 462 g/mol. The van der Waals surface area contributed by atoms with Crippen molar-refractivity contribution in [2.75, 3.05) is 13.1 Å². The average Bonchev–Trinajstić information content (AvgIpc) is 3.44. The Morgan fingerprint density at radius 1 is 1.23 bits per heavy atom. The molecule has 2 aromatic rings. The van der Waals surface area contributed by atoms with Crippen LogP contribution in [0.4, 0.5) is 8.78 Å². The van der Waals surface area contributed by atoms with Crippen molar-refractivity contribution in [2.45, 2.75) is 50.8 Å². The zero-order chi connectivity index (χ0) is 22.0. The summed E-state index contributed by atoms with van der Waals surface area (Å²) < 4.78 is 28.5. The molecule has 3 aliphatic rings. The fourth-order valence-electron chi connectivity index (χ4n) is 4.62. The molecule has 7 heteroatoms. The summed E-state index contributed by atoms with van der Waals surface area (Å²) in [5, 5.41) is 13.0. The summed E-state index contributed by atoms with van der Waals surface area (Å²) in [5.41, 5.74) is 2.48. The fraction of sp³-hybridized carbons (Fsp3) is 0.458. The Morgan fingerprint density at radius 2 is 2.00 bits per heavy atom. The van der Waals surface area contributed by atoms with Gasteiger partial charge in [0.15, 0.2) is 0 Å². The van der Waals surface area contributed by atoms with Crippen LogP contribution >= 0.6 is 23.1 Å². The number of hydrogen-bond acceptors (Lipinski definition) is 5. The molecule has 2 aliphatic heterocycles. The molecule has 166 valence electrons. The number of benzene rings is 1. The summed E-state index contributed by atoms with van der Waals surface area (Å²) in [7, 11) is 0. The Morgan fingerprint density at radius 3 is 2.77 bits per heavy atom. The van der Waals surface area contributed by atoms with Crippen LogP contribution in [0, 0.1) is 17.6 Å². The van der Waals surface area contributed by atoms with Crippen LogP contribution in [-0.4, -0.2) is 23.1 Å².